The smallest absolute Gasteiger partial charge is 0.135 e. The lowest BCUT2D eigenvalue weighted by Gasteiger charge is -2.08. The molecule has 0 atom stereocenters. The third-order valence-corrected chi connectivity index (χ3v) is 3.78. The van der Waals surface area contributed by atoms with E-state index in [0.29, 0.717) is 11.5 Å². The normalized spacial score (nSPS) is 11.1. The molecule has 0 saturated heterocycles. The Balaban J connectivity index is 1.90. The maximum Gasteiger partial charge on any atom is 0.135 e. The van der Waals surface area contributed by atoms with E-state index < -0.39 is 0 Å². The van der Waals surface area contributed by atoms with Crippen LogP contribution in [0.4, 0.5) is 5.69 Å². The van der Waals surface area contributed by atoms with E-state index in [9.17, 15) is 5.11 Å². The van der Waals surface area contributed by atoms with Gasteiger partial charge in [0.2, 0.25) is 0 Å². The Morgan fingerprint density at radius 2 is 1.90 bits per heavy atom. The van der Waals surface area contributed by atoms with Gasteiger partial charge >= 0.3 is 0 Å². The highest BCUT2D eigenvalue weighted by molar-refractivity contribution is 6.30. The summed E-state index contributed by atoms with van der Waals surface area (Å²) >= 11 is 5.89. The number of hydrogen-bond acceptors (Lipinski definition) is 3. The Labute approximate surface area is 127 Å². The average Bonchev–Trinajstić information content (AvgIpc) is 2.83. The highest BCUT2D eigenvalue weighted by atomic mass is 35.5. The second kappa shape index (κ2) is 5.76. The molecule has 0 unspecified atom stereocenters. The van der Waals surface area contributed by atoms with E-state index in [-0.39, 0.29) is 6.61 Å². The van der Waals surface area contributed by atoms with Crippen molar-refractivity contribution in [3.05, 3.63) is 58.9 Å². The van der Waals surface area contributed by atoms with Gasteiger partial charge in [0, 0.05) is 17.3 Å². The molecule has 0 radical (unpaired) electrons. The van der Waals surface area contributed by atoms with Gasteiger partial charge in [0.25, 0.3) is 0 Å². The fourth-order valence-electron chi connectivity index (χ4n) is 2.46. The lowest BCUT2D eigenvalue weighted by molar-refractivity contribution is 0.266. The van der Waals surface area contributed by atoms with Gasteiger partial charge in [0.1, 0.15) is 12.4 Å². The number of nitrogens with two attached hydrogens (primary N) is 1. The van der Waals surface area contributed by atoms with E-state index in [1.807, 2.05) is 47.0 Å². The molecule has 0 aliphatic carbocycles. The van der Waals surface area contributed by atoms with Gasteiger partial charge in [-0.25, -0.2) is 4.98 Å². The number of anilines is 1. The van der Waals surface area contributed by atoms with Gasteiger partial charge in [-0.1, -0.05) is 23.7 Å². The van der Waals surface area contributed by atoms with Gasteiger partial charge in [-0.15, -0.1) is 0 Å². The van der Waals surface area contributed by atoms with Crippen LogP contribution in [0.5, 0.6) is 0 Å². The first-order valence-electron chi connectivity index (χ1n) is 6.77. The lowest BCUT2D eigenvalue weighted by atomic mass is 10.1. The van der Waals surface area contributed by atoms with Crippen LogP contribution in [0.15, 0.2) is 42.5 Å². The second-order valence-corrected chi connectivity index (χ2v) is 5.40. The number of hydrogen-bond donors (Lipinski definition) is 2. The summed E-state index contributed by atoms with van der Waals surface area (Å²) in [6.07, 6.45) is 0.847. The minimum Gasteiger partial charge on any atom is -0.399 e. The third-order valence-electron chi connectivity index (χ3n) is 3.53. The van der Waals surface area contributed by atoms with Gasteiger partial charge in [-0.2, -0.15) is 0 Å². The molecule has 0 spiro atoms. The van der Waals surface area contributed by atoms with Crippen molar-refractivity contribution in [1.29, 1.82) is 0 Å². The number of nitrogens with zero attached hydrogens (tertiary/aromatic N) is 2. The van der Waals surface area contributed by atoms with E-state index in [4.69, 9.17) is 17.3 Å². The van der Waals surface area contributed by atoms with Crippen molar-refractivity contribution in [2.75, 3.05) is 5.73 Å². The molecule has 0 fully saturated rings. The van der Waals surface area contributed by atoms with Crippen molar-refractivity contribution in [2.24, 2.45) is 0 Å². The average molecular weight is 302 g/mol. The fraction of sp³-hybridized carbons (Fsp3) is 0.188. The van der Waals surface area contributed by atoms with Gasteiger partial charge in [0.15, 0.2) is 0 Å². The molecule has 108 valence electrons. The first-order valence-corrected chi connectivity index (χ1v) is 7.15. The summed E-state index contributed by atoms with van der Waals surface area (Å²) in [7, 11) is 0. The maximum atomic E-state index is 9.49. The number of rotatable bonds is 4. The zero-order valence-corrected chi connectivity index (χ0v) is 12.2. The van der Waals surface area contributed by atoms with Crippen molar-refractivity contribution in [2.45, 2.75) is 19.6 Å². The van der Waals surface area contributed by atoms with Gasteiger partial charge in [-0.3, -0.25) is 0 Å². The van der Waals surface area contributed by atoms with E-state index in [1.165, 1.54) is 5.56 Å². The number of benzene rings is 2. The van der Waals surface area contributed by atoms with Crippen molar-refractivity contribution in [3.63, 3.8) is 0 Å². The molecule has 21 heavy (non-hydrogen) atoms. The quantitative estimate of drug-likeness (QED) is 0.728. The standard InChI is InChI=1S/C16H16ClN3O/c17-12-3-1-11(2-4-12)7-8-20-15-6-5-13(18)9-14(15)19-16(20)10-21/h1-6,9,21H,7-8,10,18H2. The summed E-state index contributed by atoms with van der Waals surface area (Å²) in [5.74, 6) is 0.657. The molecule has 1 heterocycles. The van der Waals surface area contributed by atoms with Crippen LogP contribution in [0.1, 0.15) is 11.4 Å². The first-order chi connectivity index (χ1) is 10.2. The predicted molar refractivity (Wildman–Crippen MR) is 85.2 cm³/mol. The lowest BCUT2D eigenvalue weighted by Crippen LogP contribution is -2.06. The number of aryl methyl sites for hydroxylation is 2. The topological polar surface area (TPSA) is 64.1 Å². The maximum absolute atomic E-state index is 9.49. The third kappa shape index (κ3) is 2.86. The zero-order chi connectivity index (χ0) is 14.8. The highest BCUT2D eigenvalue weighted by Gasteiger charge is 2.10. The van der Waals surface area contributed by atoms with Crippen molar-refractivity contribution in [1.82, 2.24) is 9.55 Å². The fourth-order valence-corrected chi connectivity index (χ4v) is 2.58. The summed E-state index contributed by atoms with van der Waals surface area (Å²) in [5.41, 5.74) is 9.45. The zero-order valence-electron chi connectivity index (χ0n) is 11.5. The minimum absolute atomic E-state index is 0.0881. The molecule has 4 nitrogen and oxygen atoms in total. The van der Waals surface area contributed by atoms with E-state index in [0.717, 1.165) is 29.0 Å². The van der Waals surface area contributed by atoms with Crippen LogP contribution in [-0.2, 0) is 19.6 Å². The Morgan fingerprint density at radius 1 is 1.14 bits per heavy atom. The van der Waals surface area contributed by atoms with Gasteiger partial charge in [-0.05, 0) is 42.3 Å². The second-order valence-electron chi connectivity index (χ2n) is 4.96. The largest absolute Gasteiger partial charge is 0.399 e. The molecule has 1 aromatic heterocycles. The SMILES string of the molecule is Nc1ccc2c(c1)nc(CO)n2CCc1ccc(Cl)cc1. The monoisotopic (exact) mass is 301 g/mol. The van der Waals surface area contributed by atoms with Crippen LogP contribution in [0.2, 0.25) is 5.02 Å². The van der Waals surface area contributed by atoms with E-state index in [2.05, 4.69) is 4.98 Å². The molecular formula is C16H16ClN3O. The van der Waals surface area contributed by atoms with Gasteiger partial charge < -0.3 is 15.4 Å². The first kappa shape index (κ1) is 13.9. The van der Waals surface area contributed by atoms with Crippen LogP contribution in [0, 0.1) is 0 Å². The molecule has 5 heteroatoms. The molecule has 0 aliphatic rings. The molecule has 0 saturated carbocycles. The number of aromatic nitrogens is 2. The van der Waals surface area contributed by atoms with Crippen LogP contribution < -0.4 is 5.73 Å². The van der Waals surface area contributed by atoms with Crippen LogP contribution in [-0.4, -0.2) is 14.7 Å². The number of imidazole rings is 1. The number of aliphatic hydroxyl groups excluding tert-OH is 1. The predicted octanol–water partition coefficient (Wildman–Crippen LogP) is 3.01. The Morgan fingerprint density at radius 3 is 2.62 bits per heavy atom. The van der Waals surface area contributed by atoms with Crippen molar-refractivity contribution < 1.29 is 5.11 Å². The molecule has 0 bridgehead atoms. The Hall–Kier alpha value is -2.04. The van der Waals surface area contributed by atoms with Gasteiger partial charge in [0.05, 0.1) is 11.0 Å². The molecule has 3 N–H and O–H groups in total. The number of fused-ring (bicyclic) bond motifs is 1. The summed E-state index contributed by atoms with van der Waals surface area (Å²) in [4.78, 5) is 4.43. The minimum atomic E-state index is -0.0881. The molecule has 2 aromatic carbocycles. The molecule has 3 aromatic rings. The molecule has 3 rings (SSSR count). The summed E-state index contributed by atoms with van der Waals surface area (Å²) < 4.78 is 2.03. The van der Waals surface area contributed by atoms with Crippen LogP contribution >= 0.6 is 11.6 Å². The number of nitrogen functional groups attached to an aromatic ring is 1. The summed E-state index contributed by atoms with van der Waals surface area (Å²) in [6.45, 7) is 0.660. The number of aliphatic hydroxyl groups is 1. The van der Waals surface area contributed by atoms with Crippen LogP contribution in [0.3, 0.4) is 0 Å². The van der Waals surface area contributed by atoms with E-state index >= 15 is 0 Å². The summed E-state index contributed by atoms with van der Waals surface area (Å²) in [5, 5.41) is 10.2. The Kier molecular flexibility index (Phi) is 3.82. The Bertz CT molecular complexity index is 765. The molecule has 0 aliphatic heterocycles. The van der Waals surface area contributed by atoms with Crippen LogP contribution in [0.25, 0.3) is 11.0 Å². The summed E-state index contributed by atoms with van der Waals surface area (Å²) in [6, 6.07) is 13.4. The van der Waals surface area contributed by atoms with E-state index in [1.54, 1.807) is 0 Å². The molecule has 0 amide bonds. The van der Waals surface area contributed by atoms with Crippen molar-refractivity contribution in [3.8, 4) is 0 Å². The number of halogens is 1. The molecular weight excluding hydrogens is 286 g/mol. The van der Waals surface area contributed by atoms with Crippen molar-refractivity contribution >= 4 is 28.3 Å². The highest BCUT2D eigenvalue weighted by Crippen LogP contribution is 2.20.